The van der Waals surface area contributed by atoms with Gasteiger partial charge < -0.3 is 4.57 Å². The number of hydrogen-bond donors (Lipinski definition) is 0. The Morgan fingerprint density at radius 3 is 2.61 bits per heavy atom. The number of aryl methyl sites for hydroxylation is 1. The third-order valence-corrected chi connectivity index (χ3v) is 4.26. The summed E-state index contributed by atoms with van der Waals surface area (Å²) in [5.74, 6) is 0.180. The van der Waals surface area contributed by atoms with Crippen molar-refractivity contribution in [2.45, 2.75) is 33.2 Å². The smallest absolute Gasteiger partial charge is 0.182 e. The van der Waals surface area contributed by atoms with Crippen LogP contribution in [0.15, 0.2) is 48.7 Å². The average Bonchev–Trinajstić information content (AvgIpc) is 2.92. The van der Waals surface area contributed by atoms with Crippen molar-refractivity contribution in [3.63, 3.8) is 0 Å². The minimum atomic E-state index is -0.283. The fourth-order valence-corrected chi connectivity index (χ4v) is 2.78. The molecule has 0 saturated carbocycles. The predicted octanol–water partition coefficient (Wildman–Crippen LogP) is 5.10. The predicted molar refractivity (Wildman–Crippen MR) is 91.5 cm³/mol. The number of ketones is 1. The molecule has 0 aliphatic carbocycles. The van der Waals surface area contributed by atoms with Crippen LogP contribution in [0.2, 0.25) is 0 Å². The van der Waals surface area contributed by atoms with Crippen LogP contribution in [-0.4, -0.2) is 10.4 Å². The van der Waals surface area contributed by atoms with Crippen LogP contribution in [0.4, 0.5) is 4.39 Å². The van der Waals surface area contributed by atoms with Crippen LogP contribution >= 0.6 is 0 Å². The van der Waals surface area contributed by atoms with Gasteiger partial charge in [0.1, 0.15) is 5.82 Å². The maximum Gasteiger partial charge on any atom is 0.182 e. The maximum atomic E-state index is 13.3. The second-order valence-electron chi connectivity index (χ2n) is 6.30. The van der Waals surface area contributed by atoms with Crippen LogP contribution in [0.1, 0.15) is 41.3 Å². The molecule has 0 aliphatic heterocycles. The zero-order valence-electron chi connectivity index (χ0n) is 13.6. The summed E-state index contributed by atoms with van der Waals surface area (Å²) >= 11 is 0. The SMILES string of the molecule is Cc1cc(C(=O)Cn2ccc3cc(C(C)C)ccc32)ccc1F. The van der Waals surface area contributed by atoms with E-state index < -0.39 is 0 Å². The number of hydrogen-bond acceptors (Lipinski definition) is 1. The first kappa shape index (κ1) is 15.5. The van der Waals surface area contributed by atoms with Gasteiger partial charge in [-0.3, -0.25) is 4.79 Å². The number of carbonyl (C=O) groups excluding carboxylic acids is 1. The van der Waals surface area contributed by atoms with E-state index in [9.17, 15) is 9.18 Å². The Labute approximate surface area is 135 Å². The van der Waals surface area contributed by atoms with Gasteiger partial charge in [-0.25, -0.2) is 4.39 Å². The van der Waals surface area contributed by atoms with E-state index in [4.69, 9.17) is 0 Å². The highest BCUT2D eigenvalue weighted by molar-refractivity contribution is 5.97. The van der Waals surface area contributed by atoms with Gasteiger partial charge in [0.15, 0.2) is 5.78 Å². The van der Waals surface area contributed by atoms with Crippen molar-refractivity contribution in [1.82, 2.24) is 4.57 Å². The van der Waals surface area contributed by atoms with E-state index in [1.54, 1.807) is 19.1 Å². The molecule has 3 rings (SSSR count). The molecule has 0 spiro atoms. The molecule has 118 valence electrons. The van der Waals surface area contributed by atoms with Crippen molar-refractivity contribution >= 4 is 16.7 Å². The molecule has 0 saturated heterocycles. The van der Waals surface area contributed by atoms with Gasteiger partial charge in [-0.05, 0) is 65.8 Å². The summed E-state index contributed by atoms with van der Waals surface area (Å²) in [7, 11) is 0. The van der Waals surface area contributed by atoms with Crippen molar-refractivity contribution in [3.8, 4) is 0 Å². The van der Waals surface area contributed by atoms with Gasteiger partial charge in [-0.15, -0.1) is 0 Å². The summed E-state index contributed by atoms with van der Waals surface area (Å²) < 4.78 is 15.3. The van der Waals surface area contributed by atoms with Gasteiger partial charge in [0.25, 0.3) is 0 Å². The highest BCUT2D eigenvalue weighted by atomic mass is 19.1. The van der Waals surface area contributed by atoms with Gasteiger partial charge in [0.05, 0.1) is 6.54 Å². The average molecular weight is 309 g/mol. The third kappa shape index (κ3) is 3.04. The zero-order chi connectivity index (χ0) is 16.6. The lowest BCUT2D eigenvalue weighted by molar-refractivity contribution is 0.0973. The molecule has 0 fully saturated rings. The van der Waals surface area contributed by atoms with Gasteiger partial charge in [0.2, 0.25) is 0 Å². The highest BCUT2D eigenvalue weighted by Gasteiger charge is 2.11. The number of benzene rings is 2. The minimum Gasteiger partial charge on any atom is -0.340 e. The van der Waals surface area contributed by atoms with Crippen molar-refractivity contribution in [1.29, 1.82) is 0 Å². The highest BCUT2D eigenvalue weighted by Crippen LogP contribution is 2.23. The number of fused-ring (bicyclic) bond motifs is 1. The number of carbonyl (C=O) groups is 1. The normalized spacial score (nSPS) is 11.3. The number of Topliss-reactive ketones (excluding diaryl/α,β-unsaturated/α-hetero) is 1. The van der Waals surface area contributed by atoms with Crippen molar-refractivity contribution < 1.29 is 9.18 Å². The zero-order valence-corrected chi connectivity index (χ0v) is 13.6. The van der Waals surface area contributed by atoms with E-state index in [-0.39, 0.29) is 18.1 Å². The lowest BCUT2D eigenvalue weighted by Gasteiger charge is -2.08. The first-order chi connectivity index (χ1) is 11.0. The fraction of sp³-hybridized carbons (Fsp3) is 0.250. The first-order valence-electron chi connectivity index (χ1n) is 7.84. The van der Waals surface area contributed by atoms with E-state index in [1.807, 2.05) is 16.8 Å². The van der Waals surface area contributed by atoms with Crippen LogP contribution in [0.5, 0.6) is 0 Å². The first-order valence-corrected chi connectivity index (χ1v) is 7.84. The third-order valence-electron chi connectivity index (χ3n) is 4.26. The Morgan fingerprint density at radius 1 is 1.13 bits per heavy atom. The molecular formula is C20H20FNO. The molecule has 1 heterocycles. The maximum absolute atomic E-state index is 13.3. The Bertz CT molecular complexity index is 876. The molecule has 2 aromatic carbocycles. The van der Waals surface area contributed by atoms with Gasteiger partial charge in [-0.1, -0.05) is 19.9 Å². The summed E-state index contributed by atoms with van der Waals surface area (Å²) in [4.78, 5) is 12.5. The number of rotatable bonds is 4. The summed E-state index contributed by atoms with van der Waals surface area (Å²) in [6.45, 7) is 6.26. The molecule has 0 bridgehead atoms. The van der Waals surface area contributed by atoms with E-state index in [1.165, 1.54) is 11.6 Å². The Kier molecular flexibility index (Phi) is 4.03. The number of halogens is 1. The minimum absolute atomic E-state index is 0.0152. The molecule has 3 heteroatoms. The van der Waals surface area contributed by atoms with Gasteiger partial charge in [-0.2, -0.15) is 0 Å². The van der Waals surface area contributed by atoms with Crippen molar-refractivity contribution in [3.05, 3.63) is 71.2 Å². The second kappa shape index (κ2) is 5.99. The Balaban J connectivity index is 1.89. The van der Waals surface area contributed by atoms with Gasteiger partial charge >= 0.3 is 0 Å². The summed E-state index contributed by atoms with van der Waals surface area (Å²) in [6.07, 6.45) is 1.93. The summed E-state index contributed by atoms with van der Waals surface area (Å²) in [5, 5.41) is 1.14. The van der Waals surface area contributed by atoms with Crippen LogP contribution in [0, 0.1) is 12.7 Å². The van der Waals surface area contributed by atoms with E-state index in [0.717, 1.165) is 10.9 Å². The lowest BCUT2D eigenvalue weighted by atomic mass is 10.0. The topological polar surface area (TPSA) is 22.0 Å². The van der Waals surface area contributed by atoms with Crippen LogP contribution < -0.4 is 0 Å². The fourth-order valence-electron chi connectivity index (χ4n) is 2.78. The molecule has 2 nitrogen and oxygen atoms in total. The van der Waals surface area contributed by atoms with Gasteiger partial charge in [0, 0.05) is 17.3 Å². The molecule has 1 aromatic heterocycles. The molecule has 0 unspecified atom stereocenters. The molecule has 0 N–H and O–H groups in total. The van der Waals surface area contributed by atoms with E-state index in [0.29, 0.717) is 17.0 Å². The molecule has 0 radical (unpaired) electrons. The van der Waals surface area contributed by atoms with E-state index >= 15 is 0 Å². The molecule has 23 heavy (non-hydrogen) atoms. The van der Waals surface area contributed by atoms with Crippen molar-refractivity contribution in [2.75, 3.05) is 0 Å². The summed E-state index contributed by atoms with van der Waals surface area (Å²) in [6, 6.07) is 12.9. The largest absolute Gasteiger partial charge is 0.340 e. The lowest BCUT2D eigenvalue weighted by Crippen LogP contribution is -2.10. The monoisotopic (exact) mass is 309 g/mol. The summed E-state index contributed by atoms with van der Waals surface area (Å²) in [5.41, 5.74) is 3.37. The van der Waals surface area contributed by atoms with Crippen LogP contribution in [0.3, 0.4) is 0 Å². The number of nitrogens with zero attached hydrogens (tertiary/aromatic N) is 1. The molecule has 0 aliphatic rings. The van der Waals surface area contributed by atoms with Crippen molar-refractivity contribution in [2.24, 2.45) is 0 Å². The Hall–Kier alpha value is -2.42. The Morgan fingerprint density at radius 2 is 1.91 bits per heavy atom. The second-order valence-corrected chi connectivity index (χ2v) is 6.30. The van der Waals surface area contributed by atoms with E-state index in [2.05, 4.69) is 32.0 Å². The molecule has 3 aromatic rings. The molecular weight excluding hydrogens is 289 g/mol. The van der Waals surface area contributed by atoms with Crippen LogP contribution in [0.25, 0.3) is 10.9 Å². The standard InChI is InChI=1S/C20H20FNO/c1-13(2)15-5-7-19-16(11-15)8-9-22(19)12-20(23)17-4-6-18(21)14(3)10-17/h4-11,13H,12H2,1-3H3. The molecule has 0 atom stereocenters. The molecule has 0 amide bonds. The quantitative estimate of drug-likeness (QED) is 0.615. The number of aromatic nitrogens is 1. The van der Waals surface area contributed by atoms with Crippen LogP contribution in [-0.2, 0) is 6.54 Å².